The van der Waals surface area contributed by atoms with Crippen molar-refractivity contribution < 1.29 is 38.8 Å². The highest BCUT2D eigenvalue weighted by molar-refractivity contribution is 14.1. The maximum absolute atomic E-state index is 14.0. The molecule has 1 fully saturated rings. The molecule has 11 heteroatoms. The standard InChI is InChI=1S/C35H53IN2O8/c1-6-7-8-9-13-38(32(41)21-45-29-15-23(4)10-11-26(29)22(2)3)28-18-25(35(43)37-12-14-39)19-30(33(28)42)46-34-27(36)16-24(20-40)17-31(34)44-5/h16-17,19-20,22-23,26,28-30,33,39,42H,6-15,18,21H2,1-5H3,(H,37,43). The number of nitrogens with one attached hydrogen (secondary N) is 1. The second-order valence-electron chi connectivity index (χ2n) is 13.0. The minimum Gasteiger partial charge on any atom is -0.493 e. The third-order valence-corrected chi connectivity index (χ3v) is 10.0. The lowest BCUT2D eigenvalue weighted by Crippen LogP contribution is -2.56. The summed E-state index contributed by atoms with van der Waals surface area (Å²) in [5.41, 5.74) is 0.756. The molecule has 2 aliphatic rings. The Morgan fingerprint density at radius 1 is 1.20 bits per heavy atom. The van der Waals surface area contributed by atoms with Crippen molar-refractivity contribution in [2.75, 3.05) is 33.4 Å². The van der Waals surface area contributed by atoms with Crippen LogP contribution in [0.3, 0.4) is 0 Å². The van der Waals surface area contributed by atoms with E-state index < -0.39 is 24.2 Å². The van der Waals surface area contributed by atoms with Crippen molar-refractivity contribution in [2.24, 2.45) is 17.8 Å². The van der Waals surface area contributed by atoms with Gasteiger partial charge in [0.1, 0.15) is 25.1 Å². The molecule has 2 aliphatic carbocycles. The molecule has 2 amide bonds. The molecule has 3 rings (SSSR count). The molecule has 1 aromatic rings. The highest BCUT2D eigenvalue weighted by atomic mass is 127. The number of halogens is 1. The number of ether oxygens (including phenoxy) is 3. The van der Waals surface area contributed by atoms with Gasteiger partial charge in [-0.25, -0.2) is 0 Å². The zero-order valence-corrected chi connectivity index (χ0v) is 30.2. The minimum atomic E-state index is -1.17. The quantitative estimate of drug-likeness (QED) is 0.116. The fourth-order valence-electron chi connectivity index (χ4n) is 6.59. The van der Waals surface area contributed by atoms with Gasteiger partial charge in [-0.2, -0.15) is 0 Å². The molecule has 6 atom stereocenters. The van der Waals surface area contributed by atoms with Crippen molar-refractivity contribution in [2.45, 2.75) is 103 Å². The fraction of sp³-hybridized carbons (Fsp3) is 0.686. The number of hydrogen-bond acceptors (Lipinski definition) is 8. The molecule has 0 bridgehead atoms. The maximum Gasteiger partial charge on any atom is 0.248 e. The van der Waals surface area contributed by atoms with Gasteiger partial charge in [0.2, 0.25) is 11.8 Å². The van der Waals surface area contributed by atoms with Crippen molar-refractivity contribution in [3.8, 4) is 11.5 Å². The number of hydrogen-bond donors (Lipinski definition) is 3. The Balaban J connectivity index is 1.93. The molecule has 6 unspecified atom stereocenters. The number of rotatable bonds is 17. The normalized spacial score (nSPS) is 24.7. The van der Waals surface area contributed by atoms with Crippen LogP contribution in [-0.2, 0) is 14.3 Å². The smallest absolute Gasteiger partial charge is 0.248 e. The summed E-state index contributed by atoms with van der Waals surface area (Å²) < 4.78 is 18.8. The van der Waals surface area contributed by atoms with Crippen LogP contribution in [0.1, 0.15) is 89.4 Å². The van der Waals surface area contributed by atoms with Gasteiger partial charge in [-0.15, -0.1) is 0 Å². The Morgan fingerprint density at radius 2 is 1.96 bits per heavy atom. The van der Waals surface area contributed by atoms with E-state index in [9.17, 15) is 24.6 Å². The molecule has 0 heterocycles. The lowest BCUT2D eigenvalue weighted by Gasteiger charge is -2.41. The molecule has 46 heavy (non-hydrogen) atoms. The van der Waals surface area contributed by atoms with Gasteiger partial charge in [-0.3, -0.25) is 14.4 Å². The van der Waals surface area contributed by atoms with Gasteiger partial charge in [-0.1, -0.05) is 53.4 Å². The summed E-state index contributed by atoms with van der Waals surface area (Å²) in [5.74, 6) is 1.37. The average Bonchev–Trinajstić information content (AvgIpc) is 3.04. The third kappa shape index (κ3) is 10.4. The summed E-state index contributed by atoms with van der Waals surface area (Å²) in [7, 11) is 1.46. The zero-order valence-electron chi connectivity index (χ0n) is 28.0. The Kier molecular flexibility index (Phi) is 15.7. The molecular formula is C35H53IN2O8. The van der Waals surface area contributed by atoms with Crippen LogP contribution in [0.2, 0.25) is 0 Å². The van der Waals surface area contributed by atoms with E-state index in [0.717, 1.165) is 44.9 Å². The number of amides is 2. The van der Waals surface area contributed by atoms with E-state index >= 15 is 0 Å². The first-order chi connectivity index (χ1) is 22.0. The first kappa shape index (κ1) is 38.2. The molecule has 1 aromatic carbocycles. The molecule has 0 radical (unpaired) electrons. The topological polar surface area (TPSA) is 135 Å². The van der Waals surface area contributed by atoms with Crippen LogP contribution in [0.15, 0.2) is 23.8 Å². The van der Waals surface area contributed by atoms with E-state index in [1.807, 2.05) is 22.6 Å². The van der Waals surface area contributed by atoms with E-state index in [0.29, 0.717) is 56.8 Å². The van der Waals surface area contributed by atoms with Crippen molar-refractivity contribution in [3.63, 3.8) is 0 Å². The summed E-state index contributed by atoms with van der Waals surface area (Å²) >= 11 is 2.04. The number of carbonyl (C=O) groups is 3. The van der Waals surface area contributed by atoms with Crippen LogP contribution in [0, 0.1) is 21.3 Å². The summed E-state index contributed by atoms with van der Waals surface area (Å²) in [6.07, 6.45) is 7.10. The largest absolute Gasteiger partial charge is 0.493 e. The monoisotopic (exact) mass is 756 g/mol. The molecule has 0 saturated heterocycles. The second-order valence-corrected chi connectivity index (χ2v) is 14.2. The summed E-state index contributed by atoms with van der Waals surface area (Å²) in [4.78, 5) is 40.4. The number of carbonyl (C=O) groups excluding carboxylic acids is 3. The van der Waals surface area contributed by atoms with E-state index in [2.05, 4.69) is 33.0 Å². The first-order valence-electron chi connectivity index (χ1n) is 16.7. The van der Waals surface area contributed by atoms with E-state index in [-0.39, 0.29) is 38.2 Å². The predicted octanol–water partition coefficient (Wildman–Crippen LogP) is 4.91. The lowest BCUT2D eigenvalue weighted by molar-refractivity contribution is -0.148. The van der Waals surface area contributed by atoms with Gasteiger partial charge < -0.3 is 34.6 Å². The Bertz CT molecular complexity index is 1190. The molecule has 10 nitrogen and oxygen atoms in total. The van der Waals surface area contributed by atoms with Gasteiger partial charge in [0.15, 0.2) is 11.5 Å². The number of benzene rings is 1. The Hall–Kier alpha value is -2.22. The summed E-state index contributed by atoms with van der Waals surface area (Å²) in [5, 5.41) is 23.9. The van der Waals surface area contributed by atoms with Crippen LogP contribution < -0.4 is 14.8 Å². The Morgan fingerprint density at radius 3 is 2.61 bits per heavy atom. The van der Waals surface area contributed by atoms with Gasteiger partial charge in [0, 0.05) is 30.6 Å². The average molecular weight is 757 g/mol. The molecule has 3 N–H and O–H groups in total. The molecule has 0 aromatic heterocycles. The fourth-order valence-corrected chi connectivity index (χ4v) is 7.34. The third-order valence-electron chi connectivity index (χ3n) is 9.21. The van der Waals surface area contributed by atoms with E-state index in [4.69, 9.17) is 14.2 Å². The highest BCUT2D eigenvalue weighted by Gasteiger charge is 2.41. The molecule has 1 saturated carbocycles. The minimum absolute atomic E-state index is 0.00871. The van der Waals surface area contributed by atoms with Crippen LogP contribution in [0.5, 0.6) is 11.5 Å². The predicted molar refractivity (Wildman–Crippen MR) is 185 cm³/mol. The zero-order chi connectivity index (χ0) is 33.8. The van der Waals surface area contributed by atoms with Crippen LogP contribution in [0.25, 0.3) is 0 Å². The number of methoxy groups -OCH3 is 1. The van der Waals surface area contributed by atoms with Crippen molar-refractivity contribution in [3.05, 3.63) is 32.9 Å². The first-order valence-corrected chi connectivity index (χ1v) is 17.8. The van der Waals surface area contributed by atoms with Gasteiger partial charge >= 0.3 is 0 Å². The highest BCUT2D eigenvalue weighted by Crippen LogP contribution is 2.38. The van der Waals surface area contributed by atoms with Crippen LogP contribution in [0.4, 0.5) is 0 Å². The lowest BCUT2D eigenvalue weighted by atomic mass is 9.75. The van der Waals surface area contributed by atoms with Crippen molar-refractivity contribution in [1.29, 1.82) is 0 Å². The van der Waals surface area contributed by atoms with Crippen LogP contribution >= 0.6 is 22.6 Å². The van der Waals surface area contributed by atoms with Gasteiger partial charge in [0.05, 0.1) is 29.4 Å². The molecule has 0 aliphatic heterocycles. The molecular weight excluding hydrogens is 703 g/mol. The molecule has 0 spiro atoms. The maximum atomic E-state index is 14.0. The summed E-state index contributed by atoms with van der Waals surface area (Å²) in [6.45, 7) is 8.91. The van der Waals surface area contributed by atoms with Crippen molar-refractivity contribution >= 4 is 40.7 Å². The van der Waals surface area contributed by atoms with Crippen LogP contribution in [-0.4, -0.2) is 91.0 Å². The summed E-state index contributed by atoms with van der Waals surface area (Å²) in [6, 6.07) is 2.44. The molecule has 258 valence electrons. The number of unbranched alkanes of at least 4 members (excludes halogenated alkanes) is 3. The Labute approximate surface area is 287 Å². The second kappa shape index (κ2) is 18.9. The van der Waals surface area contributed by atoms with E-state index in [1.54, 1.807) is 23.1 Å². The number of nitrogens with zero attached hydrogens (tertiary/aromatic N) is 1. The van der Waals surface area contributed by atoms with Gasteiger partial charge in [-0.05, 0) is 77.8 Å². The number of aliphatic hydroxyl groups excluding tert-OH is 2. The van der Waals surface area contributed by atoms with Crippen molar-refractivity contribution in [1.82, 2.24) is 10.2 Å². The number of aldehydes is 1. The SMILES string of the molecule is CCCCCCN(C(=O)COC1CC(C)CCC1C(C)C)C1CC(C(=O)NCCO)=CC(Oc2c(I)cc(C=O)cc2OC)C1O. The van der Waals surface area contributed by atoms with E-state index in [1.165, 1.54) is 7.11 Å². The number of aliphatic hydroxyl groups is 2. The van der Waals surface area contributed by atoms with Gasteiger partial charge in [0.25, 0.3) is 0 Å².